The lowest BCUT2D eigenvalue weighted by Crippen LogP contribution is -2.47. The van der Waals surface area contributed by atoms with Gasteiger partial charge in [-0.1, -0.05) is 24.4 Å². The fraction of sp³-hybridized carbons (Fsp3) is 0.619. The summed E-state index contributed by atoms with van der Waals surface area (Å²) in [7, 11) is 1.76. The minimum atomic E-state index is -0.0243. The minimum absolute atomic E-state index is 0.0243. The van der Waals surface area contributed by atoms with Crippen LogP contribution in [0.1, 0.15) is 39.0 Å². The third-order valence-electron chi connectivity index (χ3n) is 5.48. The Kier molecular flexibility index (Phi) is 7.43. The summed E-state index contributed by atoms with van der Waals surface area (Å²) in [5.74, 6) is 2.13. The number of hydrogen-bond donors (Lipinski definition) is 2. The van der Waals surface area contributed by atoms with Gasteiger partial charge in [0.05, 0.1) is 6.54 Å². The molecule has 2 fully saturated rings. The van der Waals surface area contributed by atoms with Crippen molar-refractivity contribution in [2.24, 2.45) is 10.9 Å². The third-order valence-corrected chi connectivity index (χ3v) is 5.73. The molecule has 2 unspecified atom stereocenters. The molecule has 1 saturated carbocycles. The monoisotopic (exact) mass is 406 g/mol. The second kappa shape index (κ2) is 10.0. The number of amides is 1. The van der Waals surface area contributed by atoms with Crippen molar-refractivity contribution in [2.45, 2.75) is 51.2 Å². The maximum absolute atomic E-state index is 12.6. The lowest BCUT2D eigenvalue weighted by Gasteiger charge is -2.22. The van der Waals surface area contributed by atoms with Crippen LogP contribution in [0.3, 0.4) is 0 Å². The number of halogens is 1. The molecular weight excluding hydrogens is 376 g/mol. The molecule has 0 spiro atoms. The Morgan fingerprint density at radius 3 is 2.68 bits per heavy atom. The molecule has 2 aliphatic rings. The van der Waals surface area contributed by atoms with Gasteiger partial charge in [0.1, 0.15) is 11.9 Å². The molecule has 28 heavy (non-hydrogen) atoms. The van der Waals surface area contributed by atoms with Crippen molar-refractivity contribution < 1.29 is 9.53 Å². The molecule has 6 nitrogen and oxygen atoms in total. The fourth-order valence-corrected chi connectivity index (χ4v) is 4.05. The van der Waals surface area contributed by atoms with Gasteiger partial charge in [-0.3, -0.25) is 9.79 Å². The molecule has 1 saturated heterocycles. The van der Waals surface area contributed by atoms with Gasteiger partial charge in [-0.25, -0.2) is 0 Å². The topological polar surface area (TPSA) is 66.0 Å². The van der Waals surface area contributed by atoms with Gasteiger partial charge in [-0.15, -0.1) is 0 Å². The summed E-state index contributed by atoms with van der Waals surface area (Å²) < 4.78 is 5.88. The number of benzene rings is 1. The van der Waals surface area contributed by atoms with Crippen molar-refractivity contribution in [3.63, 3.8) is 0 Å². The number of likely N-dealkylation sites (tertiary alicyclic amines) is 1. The van der Waals surface area contributed by atoms with Gasteiger partial charge in [-0.2, -0.15) is 0 Å². The number of carbonyl (C=O) groups excluding carboxylic acids is 1. The van der Waals surface area contributed by atoms with E-state index in [1.165, 1.54) is 12.8 Å². The first-order valence-electron chi connectivity index (χ1n) is 10.2. The Morgan fingerprint density at radius 2 is 2.00 bits per heavy atom. The molecular formula is C21H31ClN4O2. The predicted molar refractivity (Wildman–Crippen MR) is 113 cm³/mol. The number of carbonyl (C=O) groups is 1. The van der Waals surface area contributed by atoms with Crippen molar-refractivity contribution >= 4 is 23.5 Å². The van der Waals surface area contributed by atoms with Gasteiger partial charge in [0.15, 0.2) is 5.96 Å². The van der Waals surface area contributed by atoms with E-state index in [0.717, 1.165) is 44.1 Å². The van der Waals surface area contributed by atoms with E-state index in [-0.39, 0.29) is 18.1 Å². The number of nitrogens with one attached hydrogen (secondary N) is 2. The zero-order chi connectivity index (χ0) is 19.9. The van der Waals surface area contributed by atoms with E-state index >= 15 is 0 Å². The van der Waals surface area contributed by atoms with Gasteiger partial charge in [-0.05, 0) is 50.5 Å². The van der Waals surface area contributed by atoms with Crippen LogP contribution in [0, 0.1) is 5.92 Å². The molecule has 0 radical (unpaired) electrons. The Hall–Kier alpha value is -1.95. The van der Waals surface area contributed by atoms with Crippen LogP contribution < -0.4 is 15.4 Å². The number of guanidine groups is 1. The van der Waals surface area contributed by atoms with Crippen LogP contribution in [-0.2, 0) is 4.79 Å². The van der Waals surface area contributed by atoms with Gasteiger partial charge < -0.3 is 20.3 Å². The Balaban J connectivity index is 1.40. The highest BCUT2D eigenvalue weighted by molar-refractivity contribution is 6.30. The van der Waals surface area contributed by atoms with E-state index in [9.17, 15) is 4.79 Å². The van der Waals surface area contributed by atoms with Crippen molar-refractivity contribution in [3.8, 4) is 5.75 Å². The average Bonchev–Trinajstić information content (AvgIpc) is 3.38. The zero-order valence-corrected chi connectivity index (χ0v) is 17.5. The molecule has 7 heteroatoms. The Labute approximate surface area is 172 Å². The second-order valence-corrected chi connectivity index (χ2v) is 8.17. The molecule has 0 aromatic heterocycles. The summed E-state index contributed by atoms with van der Waals surface area (Å²) in [5, 5.41) is 7.45. The molecule has 0 bridgehead atoms. The SMILES string of the molecule is CN=C(NCC(C)Oc1ccc(Cl)cc1)NC1CCN(C(=O)C2CCCC2)C1. The molecule has 1 aromatic rings. The van der Waals surface area contributed by atoms with Crippen molar-refractivity contribution in [1.29, 1.82) is 0 Å². The number of aliphatic imine (C=N–C) groups is 1. The maximum atomic E-state index is 12.6. The van der Waals surface area contributed by atoms with Gasteiger partial charge in [0.25, 0.3) is 0 Å². The average molecular weight is 407 g/mol. The first-order valence-corrected chi connectivity index (χ1v) is 10.6. The highest BCUT2D eigenvalue weighted by atomic mass is 35.5. The number of ether oxygens (including phenoxy) is 1. The second-order valence-electron chi connectivity index (χ2n) is 7.73. The third kappa shape index (κ3) is 5.77. The molecule has 1 aliphatic heterocycles. The van der Waals surface area contributed by atoms with E-state index in [4.69, 9.17) is 16.3 Å². The lowest BCUT2D eigenvalue weighted by atomic mass is 10.1. The van der Waals surface area contributed by atoms with Gasteiger partial charge in [0, 0.05) is 37.1 Å². The Morgan fingerprint density at radius 1 is 1.29 bits per heavy atom. The first kappa shape index (κ1) is 20.8. The van der Waals surface area contributed by atoms with Crippen LogP contribution in [0.4, 0.5) is 0 Å². The molecule has 1 aromatic carbocycles. The number of rotatable bonds is 6. The highest BCUT2D eigenvalue weighted by Crippen LogP contribution is 2.27. The summed E-state index contributed by atoms with van der Waals surface area (Å²) in [6.45, 7) is 4.22. The van der Waals surface area contributed by atoms with Crippen LogP contribution in [0.15, 0.2) is 29.3 Å². The fourth-order valence-electron chi connectivity index (χ4n) is 3.92. The van der Waals surface area contributed by atoms with Crippen LogP contribution in [0.25, 0.3) is 0 Å². The molecule has 154 valence electrons. The normalized spacial score (nSPS) is 21.6. The van der Waals surface area contributed by atoms with Crippen LogP contribution >= 0.6 is 11.6 Å². The van der Waals surface area contributed by atoms with Crippen LogP contribution in [0.2, 0.25) is 5.02 Å². The van der Waals surface area contributed by atoms with E-state index in [1.54, 1.807) is 7.05 Å². The first-order chi connectivity index (χ1) is 13.5. The molecule has 1 heterocycles. The summed E-state index contributed by atoms with van der Waals surface area (Å²) >= 11 is 5.90. The summed E-state index contributed by atoms with van der Waals surface area (Å²) in [4.78, 5) is 18.9. The summed E-state index contributed by atoms with van der Waals surface area (Å²) in [5.41, 5.74) is 0. The summed E-state index contributed by atoms with van der Waals surface area (Å²) in [6.07, 6.45) is 5.43. The zero-order valence-electron chi connectivity index (χ0n) is 16.8. The highest BCUT2D eigenvalue weighted by Gasteiger charge is 2.32. The molecule has 1 aliphatic carbocycles. The lowest BCUT2D eigenvalue weighted by molar-refractivity contribution is -0.134. The quantitative estimate of drug-likeness (QED) is 0.563. The van der Waals surface area contributed by atoms with Crippen LogP contribution in [-0.4, -0.2) is 55.6 Å². The van der Waals surface area contributed by atoms with Gasteiger partial charge in [0.2, 0.25) is 5.91 Å². The van der Waals surface area contributed by atoms with E-state index in [0.29, 0.717) is 17.5 Å². The minimum Gasteiger partial charge on any atom is -0.489 e. The number of hydrogen-bond acceptors (Lipinski definition) is 3. The molecule has 1 amide bonds. The number of nitrogens with zero attached hydrogens (tertiary/aromatic N) is 2. The Bertz CT molecular complexity index is 673. The molecule has 2 N–H and O–H groups in total. The van der Waals surface area contributed by atoms with Crippen LogP contribution in [0.5, 0.6) is 5.75 Å². The largest absolute Gasteiger partial charge is 0.489 e. The van der Waals surface area contributed by atoms with Crippen molar-refractivity contribution in [3.05, 3.63) is 29.3 Å². The predicted octanol–water partition coefficient (Wildman–Crippen LogP) is 3.06. The van der Waals surface area contributed by atoms with E-state index in [1.807, 2.05) is 36.1 Å². The van der Waals surface area contributed by atoms with E-state index < -0.39 is 0 Å². The van der Waals surface area contributed by atoms with Crippen molar-refractivity contribution in [2.75, 3.05) is 26.7 Å². The van der Waals surface area contributed by atoms with E-state index in [2.05, 4.69) is 15.6 Å². The van der Waals surface area contributed by atoms with Gasteiger partial charge >= 0.3 is 0 Å². The summed E-state index contributed by atoms with van der Waals surface area (Å²) in [6, 6.07) is 7.59. The smallest absolute Gasteiger partial charge is 0.225 e. The van der Waals surface area contributed by atoms with Crippen molar-refractivity contribution in [1.82, 2.24) is 15.5 Å². The maximum Gasteiger partial charge on any atom is 0.225 e. The molecule has 3 rings (SSSR count). The standard InChI is InChI=1S/C21H31ClN4O2/c1-15(28-19-9-7-17(22)8-10-19)13-24-21(23-2)25-18-11-12-26(14-18)20(27)16-5-3-4-6-16/h7-10,15-16,18H,3-6,11-14H2,1-2H3,(H2,23,24,25). The molecule has 2 atom stereocenters.